The molecule has 2 N–H and O–H groups in total. The number of rotatable bonds is 9. The van der Waals surface area contributed by atoms with E-state index in [1.165, 1.54) is 35.9 Å². The number of carbonyl (C=O) groups excluding carboxylic acids is 2. The molecule has 0 spiro atoms. The molecule has 0 aliphatic heterocycles. The van der Waals surface area contributed by atoms with E-state index in [2.05, 4.69) is 25.4 Å². The number of aromatic nitrogens is 3. The summed E-state index contributed by atoms with van der Waals surface area (Å²) in [5.41, 5.74) is -2.14. The molecular weight excluding hydrogens is 587 g/mol. The molecule has 2 atom stereocenters. The number of halogens is 5. The van der Waals surface area contributed by atoms with Crippen molar-refractivity contribution < 1.29 is 36.3 Å². The Morgan fingerprint density at radius 1 is 1.16 bits per heavy atom. The number of pyridine rings is 2. The Bertz CT molecular complexity index is 1760. The molecule has 9 nitrogen and oxygen atoms in total. The van der Waals surface area contributed by atoms with Crippen molar-refractivity contribution in [3.8, 4) is 11.3 Å². The van der Waals surface area contributed by atoms with Crippen LogP contribution in [0.2, 0.25) is 0 Å². The molecule has 230 valence electrons. The van der Waals surface area contributed by atoms with E-state index in [-0.39, 0.29) is 40.7 Å². The van der Waals surface area contributed by atoms with E-state index in [9.17, 15) is 31.5 Å². The van der Waals surface area contributed by atoms with Crippen molar-refractivity contribution in [3.63, 3.8) is 0 Å². The minimum Gasteiger partial charge on any atom is -0.467 e. The molecule has 4 aromatic rings. The molecule has 0 aliphatic carbocycles. The van der Waals surface area contributed by atoms with Gasteiger partial charge >= 0.3 is 12.1 Å². The highest BCUT2D eigenvalue weighted by Crippen LogP contribution is 2.40. The van der Waals surface area contributed by atoms with Gasteiger partial charge in [0.05, 0.1) is 24.9 Å². The Balaban J connectivity index is 1.70. The van der Waals surface area contributed by atoms with Crippen LogP contribution in [0.15, 0.2) is 42.7 Å². The zero-order valence-corrected chi connectivity index (χ0v) is 24.0. The Labute approximate surface area is 248 Å². The molecule has 1 aromatic carbocycles. The third kappa shape index (κ3) is 6.46. The zero-order valence-electron chi connectivity index (χ0n) is 24.0. The van der Waals surface area contributed by atoms with Gasteiger partial charge in [0.25, 0.3) is 5.91 Å². The van der Waals surface area contributed by atoms with Gasteiger partial charge in [-0.25, -0.2) is 23.4 Å². The van der Waals surface area contributed by atoms with Gasteiger partial charge in [-0.3, -0.25) is 9.78 Å². The Kier molecular flexibility index (Phi) is 9.17. The van der Waals surface area contributed by atoms with Crippen molar-refractivity contribution in [1.82, 2.24) is 19.7 Å². The number of fused-ring (bicyclic) bond motifs is 1. The number of alkyl halides is 3. The molecule has 0 aliphatic rings. The van der Waals surface area contributed by atoms with Crippen LogP contribution < -0.4 is 10.6 Å². The molecular formula is C30H27F5N6O3. The predicted octanol–water partition coefficient (Wildman–Crippen LogP) is 6.28. The average molecular weight is 615 g/mol. The minimum atomic E-state index is -4.83. The van der Waals surface area contributed by atoms with E-state index < -0.39 is 52.5 Å². The van der Waals surface area contributed by atoms with E-state index in [0.717, 1.165) is 25.3 Å². The maximum absolute atomic E-state index is 14.9. The largest absolute Gasteiger partial charge is 0.467 e. The number of amides is 1. The lowest BCUT2D eigenvalue weighted by Crippen LogP contribution is -2.44. The van der Waals surface area contributed by atoms with E-state index in [0.29, 0.717) is 12.1 Å². The van der Waals surface area contributed by atoms with Crippen molar-refractivity contribution >= 4 is 28.9 Å². The van der Waals surface area contributed by atoms with E-state index in [4.69, 9.17) is 11.3 Å². The zero-order chi connectivity index (χ0) is 32.3. The second-order valence-corrected chi connectivity index (χ2v) is 9.98. The summed E-state index contributed by atoms with van der Waals surface area (Å²) in [6.07, 6.45) is -1.67. The number of hydrogen-bond donors (Lipinski definition) is 2. The molecule has 3 heterocycles. The highest BCUT2D eigenvalue weighted by atomic mass is 19.4. The molecule has 0 bridgehead atoms. The summed E-state index contributed by atoms with van der Waals surface area (Å²) in [7, 11) is 1.06. The second kappa shape index (κ2) is 12.7. The van der Waals surface area contributed by atoms with Crippen LogP contribution in [0, 0.1) is 25.1 Å². The molecule has 44 heavy (non-hydrogen) atoms. The molecule has 0 saturated heterocycles. The summed E-state index contributed by atoms with van der Waals surface area (Å²) in [5, 5.41) is 5.22. The van der Waals surface area contributed by atoms with Crippen molar-refractivity contribution in [3.05, 3.63) is 88.3 Å². The number of benzene rings is 1. The fourth-order valence-electron chi connectivity index (χ4n) is 4.58. The van der Waals surface area contributed by atoms with Gasteiger partial charge in [0.15, 0.2) is 0 Å². The SMILES string of the molecule is [C-]#[N+]c1cc(C(F)(F)F)c(-c2ccc(C[C@H](NC(=O)c3c(F)cc(N[C@@H](C)CC)cc3F)C(=O)OC)n3ccnc23)nc1C. The van der Waals surface area contributed by atoms with Gasteiger partial charge in [-0.1, -0.05) is 6.92 Å². The molecule has 0 unspecified atom stereocenters. The number of ether oxygens (including phenoxy) is 1. The molecule has 4 rings (SSSR count). The summed E-state index contributed by atoms with van der Waals surface area (Å²) in [6.45, 7) is 12.3. The normalized spacial score (nSPS) is 12.8. The number of nitrogens with one attached hydrogen (secondary N) is 2. The lowest BCUT2D eigenvalue weighted by molar-refractivity contribution is -0.143. The van der Waals surface area contributed by atoms with Crippen molar-refractivity contribution in [2.75, 3.05) is 12.4 Å². The Morgan fingerprint density at radius 3 is 2.43 bits per heavy atom. The Morgan fingerprint density at radius 2 is 1.84 bits per heavy atom. The fourth-order valence-corrected chi connectivity index (χ4v) is 4.58. The molecule has 14 heteroatoms. The van der Waals surface area contributed by atoms with Crippen LogP contribution >= 0.6 is 0 Å². The summed E-state index contributed by atoms with van der Waals surface area (Å²) >= 11 is 0. The Hall–Kier alpha value is -5.06. The molecule has 0 radical (unpaired) electrons. The minimum absolute atomic E-state index is 0.000378. The number of esters is 1. The summed E-state index contributed by atoms with van der Waals surface area (Å²) in [4.78, 5) is 37.0. The van der Waals surface area contributed by atoms with E-state index >= 15 is 0 Å². The van der Waals surface area contributed by atoms with Crippen LogP contribution in [0.4, 0.5) is 33.3 Å². The van der Waals surface area contributed by atoms with Crippen molar-refractivity contribution in [2.24, 2.45) is 0 Å². The molecule has 3 aromatic heterocycles. The number of imidazole rings is 1. The van der Waals surface area contributed by atoms with Crippen LogP contribution in [0.25, 0.3) is 21.7 Å². The lowest BCUT2D eigenvalue weighted by Gasteiger charge is -2.20. The quantitative estimate of drug-likeness (QED) is 0.131. The third-order valence-corrected chi connectivity index (χ3v) is 7.00. The second-order valence-electron chi connectivity index (χ2n) is 9.98. The first-order valence-corrected chi connectivity index (χ1v) is 13.3. The topological polar surface area (TPSA) is 102 Å². The summed E-state index contributed by atoms with van der Waals surface area (Å²) in [5.74, 6) is -4.44. The van der Waals surface area contributed by atoms with Crippen LogP contribution in [0.5, 0.6) is 0 Å². The van der Waals surface area contributed by atoms with Gasteiger partial charge in [0, 0.05) is 47.5 Å². The van der Waals surface area contributed by atoms with Crippen LogP contribution in [0.3, 0.4) is 0 Å². The first kappa shape index (κ1) is 31.9. The highest BCUT2D eigenvalue weighted by Gasteiger charge is 2.36. The first-order valence-electron chi connectivity index (χ1n) is 13.3. The predicted molar refractivity (Wildman–Crippen MR) is 151 cm³/mol. The lowest BCUT2D eigenvalue weighted by atomic mass is 10.0. The highest BCUT2D eigenvalue weighted by molar-refractivity contribution is 5.97. The van der Waals surface area contributed by atoms with Gasteiger partial charge in [0.2, 0.25) is 5.69 Å². The number of hydrogen-bond acceptors (Lipinski definition) is 6. The smallest absolute Gasteiger partial charge is 0.417 e. The number of carbonyl (C=O) groups is 2. The van der Waals surface area contributed by atoms with Crippen LogP contribution in [0.1, 0.15) is 47.6 Å². The average Bonchev–Trinajstić information content (AvgIpc) is 3.46. The number of aryl methyl sites for hydroxylation is 1. The maximum atomic E-state index is 14.9. The van der Waals surface area contributed by atoms with Gasteiger partial charge in [-0.05, 0) is 50.6 Å². The van der Waals surface area contributed by atoms with Gasteiger partial charge in [-0.2, -0.15) is 13.2 Å². The van der Waals surface area contributed by atoms with Crippen molar-refractivity contribution in [2.45, 2.75) is 51.9 Å². The van der Waals surface area contributed by atoms with E-state index in [1.54, 1.807) is 0 Å². The standard InChI is InChI=1S/C30H27F5N6O3/c1-6-15(2)38-17-11-21(31)25(22(32)12-17)28(42)40-24(29(43)44-5)13-18-7-8-19(27-37-9-10-41(18)27)26-20(30(33,34)35)14-23(36-4)16(3)39-26/h7-12,14-15,24,38H,6,13H2,1-3,5H3,(H,40,42)/t15-,24-/m0/s1. The summed E-state index contributed by atoms with van der Waals surface area (Å²) in [6, 6.07) is 3.88. The number of anilines is 1. The van der Waals surface area contributed by atoms with Crippen molar-refractivity contribution in [1.29, 1.82) is 0 Å². The molecule has 0 fully saturated rings. The first-order chi connectivity index (χ1) is 20.8. The number of nitrogens with zero attached hydrogens (tertiary/aromatic N) is 4. The van der Waals surface area contributed by atoms with E-state index in [1.807, 2.05) is 13.8 Å². The van der Waals surface area contributed by atoms with Gasteiger partial charge in [-0.15, -0.1) is 0 Å². The van der Waals surface area contributed by atoms with Crippen LogP contribution in [-0.2, 0) is 22.1 Å². The molecule has 1 amide bonds. The number of methoxy groups -OCH3 is 1. The van der Waals surface area contributed by atoms with Gasteiger partial charge in [0.1, 0.15) is 28.9 Å². The van der Waals surface area contributed by atoms with Crippen LogP contribution in [-0.4, -0.2) is 45.4 Å². The maximum Gasteiger partial charge on any atom is 0.417 e. The third-order valence-electron chi connectivity index (χ3n) is 7.00. The summed E-state index contributed by atoms with van der Waals surface area (Å²) < 4.78 is 77.9. The van der Waals surface area contributed by atoms with Gasteiger partial charge < -0.3 is 19.8 Å². The fraction of sp³-hybridized carbons (Fsp3) is 0.300. The molecule has 0 saturated carbocycles. The monoisotopic (exact) mass is 614 g/mol.